The highest BCUT2D eigenvalue weighted by Gasteiger charge is 2.21. The normalized spacial score (nSPS) is 13.2. The van der Waals surface area contributed by atoms with Crippen molar-refractivity contribution in [3.63, 3.8) is 0 Å². The number of fused-ring (bicyclic) bond motifs is 1. The average Bonchev–Trinajstić information content (AvgIpc) is 3.37. The Balaban J connectivity index is 1.41. The van der Waals surface area contributed by atoms with Gasteiger partial charge in [0.1, 0.15) is 29.2 Å². The molecule has 1 aliphatic rings. The highest BCUT2D eigenvalue weighted by atomic mass is 35.5. The second kappa shape index (κ2) is 12.4. The Morgan fingerprint density at radius 3 is 2.89 bits per heavy atom. The van der Waals surface area contributed by atoms with E-state index in [1.54, 1.807) is 10.6 Å². The monoisotopic (exact) mass is 545 g/mol. The quantitative estimate of drug-likeness (QED) is 0.256. The van der Waals surface area contributed by atoms with Crippen molar-refractivity contribution in [2.75, 3.05) is 11.1 Å². The van der Waals surface area contributed by atoms with E-state index in [-0.39, 0.29) is 23.3 Å². The lowest BCUT2D eigenvalue weighted by molar-refractivity contribution is -0.113. The van der Waals surface area contributed by atoms with Crippen LogP contribution in [0.5, 0.6) is 5.75 Å². The molecule has 1 N–H and O–H groups in total. The summed E-state index contributed by atoms with van der Waals surface area (Å²) in [5, 5.41) is 22.4. The molecule has 1 aliphatic carbocycles. The number of thioether (sulfide) groups is 1. The third-order valence-corrected chi connectivity index (χ3v) is 8.19. The summed E-state index contributed by atoms with van der Waals surface area (Å²) in [4.78, 5) is 14.0. The van der Waals surface area contributed by atoms with E-state index in [4.69, 9.17) is 16.3 Å². The van der Waals surface area contributed by atoms with Crippen LogP contribution in [0.2, 0.25) is 5.02 Å². The summed E-state index contributed by atoms with van der Waals surface area (Å²) in [6.45, 7) is 4.26. The third kappa shape index (κ3) is 6.27. The molecule has 0 atom stereocenters. The number of nitrogens with one attached hydrogen (secondary N) is 1. The van der Waals surface area contributed by atoms with E-state index in [0.29, 0.717) is 33.8 Å². The highest BCUT2D eigenvalue weighted by molar-refractivity contribution is 7.99. The molecule has 2 heterocycles. The molecular formula is C25H25ClFN5O2S2. The number of benzene rings is 1. The molecule has 0 aliphatic heterocycles. The molecule has 188 valence electrons. The summed E-state index contributed by atoms with van der Waals surface area (Å²) >= 11 is 8.79. The number of aromatic nitrogens is 3. The molecule has 2 aromatic heterocycles. The number of aryl methyl sites for hydroxylation is 1. The van der Waals surface area contributed by atoms with Gasteiger partial charge in [0.15, 0.2) is 11.0 Å². The Morgan fingerprint density at radius 2 is 2.14 bits per heavy atom. The van der Waals surface area contributed by atoms with Crippen LogP contribution in [-0.2, 0) is 30.8 Å². The minimum atomic E-state index is -0.449. The fraction of sp³-hybridized carbons (Fsp3) is 0.360. The van der Waals surface area contributed by atoms with E-state index in [2.05, 4.69) is 28.2 Å². The van der Waals surface area contributed by atoms with Crippen LogP contribution in [0.4, 0.5) is 9.39 Å². The number of halogens is 2. The highest BCUT2D eigenvalue weighted by Crippen LogP contribution is 2.36. The van der Waals surface area contributed by atoms with Gasteiger partial charge in [0.05, 0.1) is 16.3 Å². The Kier molecular flexibility index (Phi) is 9.02. The second-order valence-electron chi connectivity index (χ2n) is 8.23. The molecule has 0 unspecified atom stereocenters. The molecular weight excluding hydrogens is 521 g/mol. The smallest absolute Gasteiger partial charge is 0.235 e. The van der Waals surface area contributed by atoms with Crippen molar-refractivity contribution in [3.8, 4) is 11.8 Å². The average molecular weight is 546 g/mol. The maximum atomic E-state index is 13.3. The molecule has 7 nitrogen and oxygen atoms in total. The van der Waals surface area contributed by atoms with Gasteiger partial charge in [-0.25, -0.2) is 4.39 Å². The number of rotatable bonds is 9. The molecule has 0 radical (unpaired) electrons. The van der Waals surface area contributed by atoms with Gasteiger partial charge in [-0.2, -0.15) is 5.26 Å². The predicted octanol–water partition coefficient (Wildman–Crippen LogP) is 6.16. The minimum Gasteiger partial charge on any atom is -0.484 e. The molecule has 0 saturated carbocycles. The maximum absolute atomic E-state index is 13.3. The van der Waals surface area contributed by atoms with Gasteiger partial charge >= 0.3 is 0 Å². The Hall–Kier alpha value is -2.87. The van der Waals surface area contributed by atoms with Gasteiger partial charge in [-0.05, 0) is 49.4 Å². The number of nitrogens with zero attached hydrogens (tertiary/aromatic N) is 4. The van der Waals surface area contributed by atoms with Gasteiger partial charge < -0.3 is 10.1 Å². The molecule has 4 rings (SSSR count). The molecule has 1 amide bonds. The van der Waals surface area contributed by atoms with Gasteiger partial charge in [-0.3, -0.25) is 9.36 Å². The Bertz CT molecular complexity index is 1300. The number of carbonyl (C=O) groups excluding carboxylic acids is 1. The topological polar surface area (TPSA) is 92.8 Å². The predicted molar refractivity (Wildman–Crippen MR) is 140 cm³/mol. The standard InChI is InChI=1S/C25H25ClFN5O2S2/c1-2-11-32-22(14-34-20-10-9-16(27)12-19(20)26)30-31-25(32)35-15-23(33)29-24-18(13-28)17-7-5-3-4-6-8-21(17)36-24/h2,9-10,12H,1,3-8,11,14-15H2,(H,29,33). The summed E-state index contributed by atoms with van der Waals surface area (Å²) < 4.78 is 20.8. The van der Waals surface area contributed by atoms with E-state index in [1.807, 2.05) is 0 Å². The van der Waals surface area contributed by atoms with Gasteiger partial charge in [-0.15, -0.1) is 28.1 Å². The number of anilines is 1. The van der Waals surface area contributed by atoms with Gasteiger partial charge in [0.2, 0.25) is 5.91 Å². The van der Waals surface area contributed by atoms with Crippen LogP contribution in [0.1, 0.15) is 47.5 Å². The van der Waals surface area contributed by atoms with Gasteiger partial charge in [0, 0.05) is 11.4 Å². The third-order valence-electron chi connectivity index (χ3n) is 5.72. The Labute approximate surface area is 222 Å². The van der Waals surface area contributed by atoms with Crippen molar-refractivity contribution in [2.24, 2.45) is 0 Å². The van der Waals surface area contributed by atoms with Crippen molar-refractivity contribution < 1.29 is 13.9 Å². The lowest BCUT2D eigenvalue weighted by Gasteiger charge is -2.10. The molecule has 1 aromatic carbocycles. The summed E-state index contributed by atoms with van der Waals surface area (Å²) in [6, 6.07) is 6.19. The Morgan fingerprint density at radius 1 is 1.33 bits per heavy atom. The van der Waals surface area contributed by atoms with Crippen LogP contribution < -0.4 is 10.1 Å². The first-order valence-electron chi connectivity index (χ1n) is 11.6. The van der Waals surface area contributed by atoms with E-state index in [0.717, 1.165) is 31.2 Å². The minimum absolute atomic E-state index is 0.0607. The number of allylic oxidation sites excluding steroid dienone is 1. The second-order valence-corrected chi connectivity index (χ2v) is 10.7. The molecule has 0 saturated heterocycles. The molecule has 36 heavy (non-hydrogen) atoms. The van der Waals surface area contributed by atoms with E-state index in [9.17, 15) is 14.4 Å². The number of hydrogen-bond donors (Lipinski definition) is 1. The zero-order valence-corrected chi connectivity index (χ0v) is 21.9. The van der Waals surface area contributed by atoms with Crippen LogP contribution in [0.25, 0.3) is 0 Å². The van der Waals surface area contributed by atoms with Crippen molar-refractivity contribution in [1.29, 1.82) is 5.26 Å². The van der Waals surface area contributed by atoms with Crippen LogP contribution in [-0.4, -0.2) is 26.4 Å². The summed E-state index contributed by atoms with van der Waals surface area (Å²) in [5.41, 5.74) is 1.70. The van der Waals surface area contributed by atoms with Crippen molar-refractivity contribution in [3.05, 3.63) is 63.5 Å². The number of carbonyl (C=O) groups is 1. The first-order chi connectivity index (χ1) is 17.5. The van der Waals surface area contributed by atoms with Crippen molar-refractivity contribution in [1.82, 2.24) is 14.8 Å². The molecule has 11 heteroatoms. The summed E-state index contributed by atoms with van der Waals surface area (Å²) in [5.74, 6) is 0.290. The summed E-state index contributed by atoms with van der Waals surface area (Å²) in [6.07, 6.45) is 8.10. The van der Waals surface area contributed by atoms with Gasteiger partial charge in [0.25, 0.3) is 0 Å². The molecule has 0 fully saturated rings. The number of ether oxygens (including phenoxy) is 1. The molecule has 0 spiro atoms. The number of hydrogen-bond acceptors (Lipinski definition) is 7. The van der Waals surface area contributed by atoms with E-state index in [1.165, 1.54) is 59.0 Å². The number of nitriles is 1. The number of thiophene rings is 1. The van der Waals surface area contributed by atoms with Crippen LogP contribution >= 0.6 is 34.7 Å². The van der Waals surface area contributed by atoms with Crippen LogP contribution in [0, 0.1) is 17.1 Å². The van der Waals surface area contributed by atoms with E-state index >= 15 is 0 Å². The van der Waals surface area contributed by atoms with Gasteiger partial charge in [-0.1, -0.05) is 42.3 Å². The van der Waals surface area contributed by atoms with E-state index < -0.39 is 5.82 Å². The number of amides is 1. The first-order valence-corrected chi connectivity index (χ1v) is 13.8. The fourth-order valence-corrected chi connectivity index (χ4v) is 6.24. The first kappa shape index (κ1) is 26.2. The largest absolute Gasteiger partial charge is 0.484 e. The summed E-state index contributed by atoms with van der Waals surface area (Å²) in [7, 11) is 0. The zero-order chi connectivity index (χ0) is 25.5. The fourth-order valence-electron chi connectivity index (χ4n) is 4.00. The zero-order valence-electron chi connectivity index (χ0n) is 19.6. The molecule has 3 aromatic rings. The molecule has 0 bridgehead atoms. The SMILES string of the molecule is C=CCn1c(COc2ccc(F)cc2Cl)nnc1SCC(=O)Nc1sc2c(c1C#N)CCCCCC2. The lowest BCUT2D eigenvalue weighted by atomic mass is 9.97. The van der Waals surface area contributed by atoms with Crippen LogP contribution in [0.3, 0.4) is 0 Å². The van der Waals surface area contributed by atoms with Crippen molar-refractivity contribution in [2.45, 2.75) is 56.8 Å². The van der Waals surface area contributed by atoms with Crippen LogP contribution in [0.15, 0.2) is 36.0 Å². The maximum Gasteiger partial charge on any atom is 0.235 e. The van der Waals surface area contributed by atoms with Crippen molar-refractivity contribution >= 4 is 45.6 Å². The lowest BCUT2D eigenvalue weighted by Crippen LogP contribution is -2.15.